The minimum Gasteiger partial charge on any atom is -0.491 e. The number of ether oxygens (including phenoxy) is 2. The monoisotopic (exact) mass is 204 g/mol. The van der Waals surface area contributed by atoms with Crippen LogP contribution in [0.4, 0.5) is 14.5 Å². The van der Waals surface area contributed by atoms with Gasteiger partial charge in [0.2, 0.25) is 0 Å². The number of halogens is 2. The minimum absolute atomic E-state index is 0.0813. The predicted octanol–water partition coefficient (Wildman–Crippen LogP) is 1.62. The summed E-state index contributed by atoms with van der Waals surface area (Å²) in [6.45, 7) is 0. The van der Waals surface area contributed by atoms with Gasteiger partial charge < -0.3 is 15.2 Å². The Morgan fingerprint density at radius 1 is 1.29 bits per heavy atom. The molecule has 0 bridgehead atoms. The zero-order valence-electron chi connectivity index (χ0n) is 7.75. The Morgan fingerprint density at radius 3 is 2.29 bits per heavy atom. The number of methoxy groups -OCH3 is 2. The van der Waals surface area contributed by atoms with Crippen molar-refractivity contribution in [2.24, 2.45) is 0 Å². The fraction of sp³-hybridized carbons (Fsp3) is 0.375. The summed E-state index contributed by atoms with van der Waals surface area (Å²) >= 11 is 0. The molecule has 0 saturated carbocycles. The van der Waals surface area contributed by atoms with Crippen LogP contribution >= 0.6 is 0 Å². The molecule has 1 aromatic heterocycles. The summed E-state index contributed by atoms with van der Waals surface area (Å²) in [4.78, 5) is 3.48. The molecule has 6 heteroatoms. The van der Waals surface area contributed by atoms with E-state index in [1.165, 1.54) is 14.2 Å². The molecule has 0 spiro atoms. The Morgan fingerprint density at radius 2 is 1.86 bits per heavy atom. The molecule has 0 amide bonds. The highest BCUT2D eigenvalue weighted by atomic mass is 19.3. The molecular formula is C8H10F2N2O2. The summed E-state index contributed by atoms with van der Waals surface area (Å²) in [7, 11) is 2.58. The molecule has 1 aromatic rings. The third kappa shape index (κ3) is 1.68. The van der Waals surface area contributed by atoms with Crippen LogP contribution in [0.5, 0.6) is 11.5 Å². The topological polar surface area (TPSA) is 57.4 Å². The van der Waals surface area contributed by atoms with Crippen LogP contribution < -0.4 is 15.2 Å². The van der Waals surface area contributed by atoms with Gasteiger partial charge in [-0.05, 0) is 0 Å². The van der Waals surface area contributed by atoms with Crippen LogP contribution in [0, 0.1) is 0 Å². The quantitative estimate of drug-likeness (QED) is 0.812. The van der Waals surface area contributed by atoms with Gasteiger partial charge in [0.15, 0.2) is 17.2 Å². The van der Waals surface area contributed by atoms with Crippen molar-refractivity contribution in [1.82, 2.24) is 4.98 Å². The number of alkyl halides is 2. The largest absolute Gasteiger partial charge is 0.491 e. The number of aromatic nitrogens is 1. The molecule has 1 rings (SSSR count). The number of hydrogen-bond donors (Lipinski definition) is 1. The van der Waals surface area contributed by atoms with Gasteiger partial charge in [-0.2, -0.15) is 0 Å². The Labute approximate surface area is 79.6 Å². The lowest BCUT2D eigenvalue weighted by molar-refractivity contribution is 0.140. The molecule has 0 fully saturated rings. The van der Waals surface area contributed by atoms with Gasteiger partial charge in [0, 0.05) is 0 Å². The molecule has 0 aromatic carbocycles. The van der Waals surface area contributed by atoms with E-state index >= 15 is 0 Å². The van der Waals surface area contributed by atoms with Gasteiger partial charge in [-0.3, -0.25) is 0 Å². The van der Waals surface area contributed by atoms with Crippen LogP contribution in [0.2, 0.25) is 0 Å². The van der Waals surface area contributed by atoms with Crippen molar-refractivity contribution >= 4 is 5.69 Å². The summed E-state index contributed by atoms with van der Waals surface area (Å²) in [5.41, 5.74) is 5.15. The van der Waals surface area contributed by atoms with Gasteiger partial charge >= 0.3 is 0 Å². The van der Waals surface area contributed by atoms with Crippen molar-refractivity contribution in [3.63, 3.8) is 0 Å². The highest BCUT2D eigenvalue weighted by molar-refractivity contribution is 5.60. The number of rotatable bonds is 3. The predicted molar refractivity (Wildman–Crippen MR) is 46.7 cm³/mol. The number of anilines is 1. The van der Waals surface area contributed by atoms with Gasteiger partial charge in [0.1, 0.15) is 0 Å². The number of nitrogens with zero attached hydrogens (tertiary/aromatic N) is 1. The van der Waals surface area contributed by atoms with Gasteiger partial charge in [0.25, 0.3) is 6.43 Å². The first kappa shape index (κ1) is 10.5. The summed E-state index contributed by atoms with van der Waals surface area (Å²) in [5.74, 6) is -0.0414. The van der Waals surface area contributed by atoms with Crippen molar-refractivity contribution in [3.05, 3.63) is 11.9 Å². The van der Waals surface area contributed by atoms with Crippen LogP contribution in [0.3, 0.4) is 0 Å². The lowest BCUT2D eigenvalue weighted by Crippen LogP contribution is -2.02. The van der Waals surface area contributed by atoms with E-state index in [0.717, 1.165) is 6.20 Å². The van der Waals surface area contributed by atoms with Gasteiger partial charge in [-0.1, -0.05) is 0 Å². The number of nitrogen functional groups attached to an aromatic ring is 1. The van der Waals surface area contributed by atoms with Gasteiger partial charge in [0.05, 0.1) is 26.1 Å². The van der Waals surface area contributed by atoms with E-state index in [0.29, 0.717) is 0 Å². The van der Waals surface area contributed by atoms with Gasteiger partial charge in [-0.25, -0.2) is 13.8 Å². The first-order valence-corrected chi connectivity index (χ1v) is 3.76. The normalized spacial score (nSPS) is 10.4. The standard InChI is InChI=1S/C8H10F2N2O2/c1-13-6-4(11)3-12-5(8(9)10)7(6)14-2/h3,8H,11H2,1-2H3. The molecule has 78 valence electrons. The lowest BCUT2D eigenvalue weighted by Gasteiger charge is -2.12. The van der Waals surface area contributed by atoms with Crippen LogP contribution in [0.15, 0.2) is 6.20 Å². The van der Waals surface area contributed by atoms with E-state index in [1.807, 2.05) is 0 Å². The number of nitrogens with two attached hydrogens (primary N) is 1. The van der Waals surface area contributed by atoms with E-state index in [-0.39, 0.29) is 17.2 Å². The second-order valence-electron chi connectivity index (χ2n) is 2.47. The fourth-order valence-electron chi connectivity index (χ4n) is 1.07. The highest BCUT2D eigenvalue weighted by Gasteiger charge is 2.21. The van der Waals surface area contributed by atoms with Crippen molar-refractivity contribution in [3.8, 4) is 11.5 Å². The third-order valence-electron chi connectivity index (χ3n) is 1.66. The molecule has 0 aliphatic rings. The zero-order valence-corrected chi connectivity index (χ0v) is 7.75. The summed E-state index contributed by atoms with van der Waals surface area (Å²) < 4.78 is 34.4. The Kier molecular flexibility index (Phi) is 3.06. The number of pyridine rings is 1. The van der Waals surface area contributed by atoms with Crippen molar-refractivity contribution in [1.29, 1.82) is 0 Å². The Balaban J connectivity index is 3.33. The van der Waals surface area contributed by atoms with Crippen LogP contribution in [-0.4, -0.2) is 19.2 Å². The maximum absolute atomic E-state index is 12.4. The molecule has 2 N–H and O–H groups in total. The summed E-state index contributed by atoms with van der Waals surface area (Å²) in [6, 6.07) is 0. The molecule has 0 aliphatic carbocycles. The van der Waals surface area contributed by atoms with Gasteiger partial charge in [-0.15, -0.1) is 0 Å². The maximum Gasteiger partial charge on any atom is 0.284 e. The molecular weight excluding hydrogens is 194 g/mol. The van der Waals surface area contributed by atoms with E-state index < -0.39 is 12.1 Å². The molecule has 14 heavy (non-hydrogen) atoms. The van der Waals surface area contributed by atoms with Crippen LogP contribution in [0.25, 0.3) is 0 Å². The zero-order chi connectivity index (χ0) is 10.7. The molecule has 0 saturated heterocycles. The van der Waals surface area contributed by atoms with E-state index in [9.17, 15) is 8.78 Å². The average molecular weight is 204 g/mol. The van der Waals surface area contributed by atoms with E-state index in [2.05, 4.69) is 4.98 Å². The molecule has 4 nitrogen and oxygen atoms in total. The molecule has 1 heterocycles. The summed E-state index contributed by atoms with van der Waals surface area (Å²) in [5, 5.41) is 0. The number of hydrogen-bond acceptors (Lipinski definition) is 4. The molecule has 0 radical (unpaired) electrons. The smallest absolute Gasteiger partial charge is 0.284 e. The van der Waals surface area contributed by atoms with Crippen LogP contribution in [-0.2, 0) is 0 Å². The first-order valence-electron chi connectivity index (χ1n) is 3.76. The summed E-state index contributed by atoms with van der Waals surface area (Å²) in [6.07, 6.45) is -1.61. The lowest BCUT2D eigenvalue weighted by atomic mass is 10.3. The van der Waals surface area contributed by atoms with Crippen molar-refractivity contribution in [2.45, 2.75) is 6.43 Å². The molecule has 0 aliphatic heterocycles. The Hall–Kier alpha value is -1.59. The highest BCUT2D eigenvalue weighted by Crippen LogP contribution is 2.38. The van der Waals surface area contributed by atoms with Crippen molar-refractivity contribution < 1.29 is 18.3 Å². The third-order valence-corrected chi connectivity index (χ3v) is 1.66. The second-order valence-corrected chi connectivity index (χ2v) is 2.47. The van der Waals surface area contributed by atoms with E-state index in [1.54, 1.807) is 0 Å². The molecule has 0 atom stereocenters. The first-order chi connectivity index (χ1) is 6.61. The Bertz CT molecular complexity index is 331. The van der Waals surface area contributed by atoms with E-state index in [4.69, 9.17) is 15.2 Å². The maximum atomic E-state index is 12.4. The minimum atomic E-state index is -2.72. The second kappa shape index (κ2) is 4.08. The molecule has 0 unspecified atom stereocenters. The average Bonchev–Trinajstić information content (AvgIpc) is 2.16. The van der Waals surface area contributed by atoms with Crippen molar-refractivity contribution in [2.75, 3.05) is 20.0 Å². The fourth-order valence-corrected chi connectivity index (χ4v) is 1.07. The van der Waals surface area contributed by atoms with Crippen LogP contribution in [0.1, 0.15) is 12.1 Å². The SMILES string of the molecule is COc1c(N)cnc(C(F)F)c1OC.